The minimum Gasteiger partial charge on any atom is -1.00 e. The summed E-state index contributed by atoms with van der Waals surface area (Å²) in [7, 11) is -1.59. The number of ketones is 2. The summed E-state index contributed by atoms with van der Waals surface area (Å²) in [5.74, 6) is 14.1. The van der Waals surface area contributed by atoms with Crippen LogP contribution in [0.3, 0.4) is 0 Å². The molecule has 4 heterocycles. The molecule has 18 saturated carbocycles. The zero-order chi connectivity index (χ0) is 92.9. The molecular formula is C111H176ClNaO17PdSi. The molecule has 4 saturated heterocycles. The van der Waals surface area contributed by atoms with E-state index in [2.05, 4.69) is 132 Å². The predicted octanol–water partition coefficient (Wildman–Crippen LogP) is 17.0. The van der Waals surface area contributed by atoms with Crippen molar-refractivity contribution >= 4 is 31.5 Å². The zero-order valence-corrected chi connectivity index (χ0v) is 89.6. The molecule has 0 aromatic heterocycles. The number of ether oxygens (including phenoxy) is 7. The minimum absolute atomic E-state index is 0. The summed E-state index contributed by atoms with van der Waals surface area (Å²) < 4.78 is 49.9. The van der Waals surface area contributed by atoms with Gasteiger partial charge in [0, 0.05) is 93.0 Å². The monoisotopic (exact) mass is 1970 g/mol. The maximum absolute atomic E-state index is 13.3. The van der Waals surface area contributed by atoms with Crippen LogP contribution >= 0.6 is 11.6 Å². The number of epoxide rings is 1. The van der Waals surface area contributed by atoms with Gasteiger partial charge in [-0.1, -0.05) is 100 Å². The van der Waals surface area contributed by atoms with E-state index >= 15 is 0 Å². The van der Waals surface area contributed by atoms with E-state index in [4.69, 9.17) is 44.0 Å². The molecule has 0 aromatic carbocycles. The van der Waals surface area contributed by atoms with Crippen LogP contribution in [-0.2, 0) is 67.6 Å². The fourth-order valence-corrected chi connectivity index (χ4v) is 39.6. The molecule has 21 heteroatoms. The molecule has 744 valence electrons. The second-order valence-corrected chi connectivity index (χ2v) is 55.9. The largest absolute Gasteiger partial charge is 1.00 e. The molecule has 39 atom stereocenters. The van der Waals surface area contributed by atoms with Gasteiger partial charge in [0.15, 0.2) is 31.5 Å². The van der Waals surface area contributed by atoms with Gasteiger partial charge in [-0.15, -0.1) is 30.4 Å². The van der Waals surface area contributed by atoms with Crippen molar-refractivity contribution in [3.05, 3.63) is 23.3 Å². The van der Waals surface area contributed by atoms with Gasteiger partial charge in [0.25, 0.3) is 0 Å². The maximum Gasteiger partial charge on any atom is 1.00 e. The maximum atomic E-state index is 13.3. The van der Waals surface area contributed by atoms with Gasteiger partial charge in [-0.25, -0.2) is 0 Å². The predicted molar refractivity (Wildman–Crippen MR) is 510 cm³/mol. The smallest absolute Gasteiger partial charge is 1.00 e. The average Bonchev–Trinajstić information content (AvgIpc) is 1.52. The van der Waals surface area contributed by atoms with E-state index in [0.717, 1.165) is 217 Å². The molecule has 15 unspecified atom stereocenters. The van der Waals surface area contributed by atoms with E-state index in [1.54, 1.807) is 6.92 Å². The number of terminal acetylenes is 2. The molecule has 24 rings (SSSR count). The van der Waals surface area contributed by atoms with Crippen LogP contribution in [-0.4, -0.2) is 180 Å². The topological polar surface area (TPSA) is 253 Å². The molecule has 0 radical (unpaired) electrons. The Hall–Kier alpha value is -0.491. The van der Waals surface area contributed by atoms with E-state index < -0.39 is 25.5 Å². The van der Waals surface area contributed by atoms with Gasteiger partial charge < -0.3 is 74.8 Å². The first kappa shape index (κ1) is 104. The number of allylic oxidation sites excluding steroid dienone is 1. The van der Waals surface area contributed by atoms with Crippen LogP contribution < -0.4 is 29.6 Å². The quantitative estimate of drug-likeness (QED) is 0.0446. The van der Waals surface area contributed by atoms with Crippen molar-refractivity contribution in [1.82, 2.24) is 0 Å². The van der Waals surface area contributed by atoms with Crippen LogP contribution in [0.15, 0.2) is 23.3 Å². The van der Waals surface area contributed by atoms with Crippen LogP contribution in [0.25, 0.3) is 0 Å². The molecule has 24 aliphatic rings. The van der Waals surface area contributed by atoms with E-state index in [1.165, 1.54) is 62.5 Å². The summed E-state index contributed by atoms with van der Waals surface area (Å²) in [4.78, 5) is 26.0. The first-order chi connectivity index (χ1) is 61.5. The molecular weight excluding hydrogens is 1800 g/mol. The Morgan fingerprint density at radius 1 is 0.462 bits per heavy atom. The van der Waals surface area contributed by atoms with Crippen molar-refractivity contribution in [2.75, 3.05) is 46.0 Å². The summed E-state index contributed by atoms with van der Waals surface area (Å²) in [6.07, 6.45) is 54.2. The van der Waals surface area contributed by atoms with Crippen LogP contribution in [0.4, 0.5) is 0 Å². The van der Waals surface area contributed by atoms with Crippen LogP contribution in [0.5, 0.6) is 0 Å². The van der Waals surface area contributed by atoms with Gasteiger partial charge >= 0.3 is 29.6 Å². The van der Waals surface area contributed by atoms with Crippen LogP contribution in [0.2, 0.25) is 19.6 Å². The van der Waals surface area contributed by atoms with Crippen LogP contribution in [0.1, 0.15) is 324 Å². The summed E-state index contributed by atoms with van der Waals surface area (Å²) >= 11 is 4.64. The SMILES string of the molecule is C#CC.C#C[C@]1(O)CCC2C3C(CC[C@@]21C)[C@@]1(C)CC[C@@H](O)C[C@@H]1C[C@@H]3O.CCl.C[C@@H]1CC[C@]2(C)C3CC[C@]4(C)C(=O)CCC4C3[C@@H](O[Si](C)(C)C)C[C@H]2C1.C[C@]12CCC3C(C1CCC21OCCO1)[C@@H](O)C[C@H]1C[C@H](O)CC[C@]31C.C[C@]12CC[C@@H](O)CC1=C[C@H](O)C1C2CC[C@@]2(C)C1CCC21OCCO1.C[C@]12CC[C@H]3O[C@H]3C1=CC(=O)C1C2CC[C@@]2(C)C1CCC21OCCO1.[H-].[HH].[Na+].[Pd]. The second kappa shape index (κ2) is 37.8. The first-order valence-electron chi connectivity index (χ1n) is 53.2. The number of aliphatic hydroxyl groups excluding tert-OH is 6. The molecule has 3 spiro atoms. The Labute approximate surface area is 839 Å². The number of hydrogen-bond acceptors (Lipinski definition) is 17. The van der Waals surface area contributed by atoms with Crippen molar-refractivity contribution in [1.29, 1.82) is 0 Å². The van der Waals surface area contributed by atoms with E-state index in [9.17, 15) is 45.3 Å². The fourth-order valence-electron chi connectivity index (χ4n) is 38.4. The number of halogens is 1. The molecule has 22 fully saturated rings. The van der Waals surface area contributed by atoms with Crippen molar-refractivity contribution in [3.63, 3.8) is 0 Å². The zero-order valence-electron chi connectivity index (χ0n) is 85.3. The third-order valence-electron chi connectivity index (χ3n) is 45.5. The van der Waals surface area contributed by atoms with E-state index in [-0.39, 0.29) is 162 Å². The summed E-state index contributed by atoms with van der Waals surface area (Å²) in [6, 6.07) is 0. The Bertz CT molecular complexity index is 4320. The number of Topliss-reactive ketones (excluding diaryl/α,β-unsaturated/α-hetero) is 1. The van der Waals surface area contributed by atoms with E-state index in [1.807, 2.05) is 6.08 Å². The summed E-state index contributed by atoms with van der Waals surface area (Å²) in [5, 5.41) is 74.7. The van der Waals surface area contributed by atoms with E-state index in [0.29, 0.717) is 145 Å². The normalized spacial score (nSPS) is 52.6. The van der Waals surface area contributed by atoms with Gasteiger partial charge in [0.2, 0.25) is 0 Å². The second-order valence-electron chi connectivity index (χ2n) is 51.4. The van der Waals surface area contributed by atoms with Gasteiger partial charge in [-0.2, -0.15) is 0 Å². The Balaban J connectivity index is 0.000000132. The first-order valence-corrected chi connectivity index (χ1v) is 57.4. The van der Waals surface area contributed by atoms with Crippen molar-refractivity contribution < 1.29 is 136 Å². The molecule has 0 bridgehead atoms. The third-order valence-corrected chi connectivity index (χ3v) is 46.6. The number of carbonyl (C=O) groups excluding carboxylic acids is 2. The average molecular weight is 1980 g/mol. The van der Waals surface area contributed by atoms with Gasteiger partial charge in [0.1, 0.15) is 17.5 Å². The van der Waals surface area contributed by atoms with Crippen molar-refractivity contribution in [2.24, 2.45) is 167 Å². The Morgan fingerprint density at radius 2 is 0.871 bits per heavy atom. The fraction of sp³-hybridized carbons (Fsp3) is 0.910. The van der Waals surface area contributed by atoms with Gasteiger partial charge in [0.05, 0.1) is 82.4 Å². The molecule has 7 N–H and O–H groups in total. The van der Waals surface area contributed by atoms with Gasteiger partial charge in [-0.05, 0) is 377 Å². The number of carbonyl (C=O) groups is 2. The number of rotatable bonds is 2. The molecule has 132 heavy (non-hydrogen) atoms. The van der Waals surface area contributed by atoms with Gasteiger partial charge in [-0.3, -0.25) is 9.59 Å². The molecule has 17 nitrogen and oxygen atoms in total. The molecule has 20 aliphatic carbocycles. The molecule has 0 aromatic rings. The summed E-state index contributed by atoms with van der Waals surface area (Å²) in [6.45, 7) is 39.2. The number of alkyl halides is 1. The molecule has 0 amide bonds. The van der Waals surface area contributed by atoms with Crippen LogP contribution in [0, 0.1) is 191 Å². The number of hydrogen-bond donors (Lipinski definition) is 7. The van der Waals surface area contributed by atoms with Crippen molar-refractivity contribution in [3.8, 4) is 24.7 Å². The number of fused-ring (bicyclic) bond motifs is 30. The third kappa shape index (κ3) is 16.4. The molecule has 4 aliphatic heterocycles. The number of aliphatic hydroxyl groups is 7. The Morgan fingerprint density at radius 3 is 1.39 bits per heavy atom. The summed E-state index contributed by atoms with van der Waals surface area (Å²) in [5.41, 5.74) is 2.66. The minimum atomic E-state index is -1.59. The standard InChI is InChI=1S/C23H40O2Si.C21H28O4.C21H34O4.C21H32O4.C21H32O3.C3H4.CH3Cl.Na.Pd.H2.H/c1-15-9-11-22(2)16(13-15)14-19(25-26(4,5)6)21-17-7-8-20(24)23(17,3)12-10-18(21)22;1-19-6-5-16-18(25-16)14(19)11-15(22)17-12(19)3-7-20(2)13(17)4-8-21(20)23-9-10-24-21;2*1-19-6-3-14(22)11-13(19)12-17(23)18-15(19)4-7-20(2)16(18)5-8-21(20)24-9-10-25-21;1-4-21(24)10-7-16-18-15(6-9-20(16,21)3)19(2)8-5-14(22)11-13(19)12-17(18)23;1-3-2;1-2;;;;/h15-19,21H,7-14H2,1-6H3;11-13,16-18H,3-10H2,1-2H3;13-18,22-23H,3-12H2,1-2H3;12,14-18,22-23H,3-11H2,1-2H3;1,13-18,22-24H,5-12H2,2-3H3;1H,2H3;1H3;;;1H;/q;;;;;;;+1;;;-1/t15-,16-,17?,18?,19+,21?,22+,23+;12?,13?,16-,17?,18+,19-,20+;13-,14-,15?,16?,17+,18?,19+,20+;14-,15?,16?,17+,18?,19+,20+;13-,14-,15?,16?,17+,18?,19+,20+,21+;;;;;;/m11111....../s1. The Kier molecular flexibility index (Phi) is 29.9. The van der Waals surface area contributed by atoms with Crippen molar-refractivity contribution in [2.45, 2.75) is 418 Å².